The van der Waals surface area contributed by atoms with E-state index in [1.54, 1.807) is 0 Å². The van der Waals surface area contributed by atoms with Gasteiger partial charge < -0.3 is 4.84 Å². The number of nitrogens with one attached hydrogen (secondary N) is 1. The Morgan fingerprint density at radius 2 is 2.22 bits per heavy atom. The Morgan fingerprint density at radius 1 is 1.44 bits per heavy atom. The van der Waals surface area contributed by atoms with Gasteiger partial charge in [-0.3, -0.25) is 4.79 Å². The van der Waals surface area contributed by atoms with Gasteiger partial charge in [0.25, 0.3) is 0 Å². The molecular weight excluding hydrogens is 142 g/mol. The van der Waals surface area contributed by atoms with Gasteiger partial charge in [-0.25, -0.2) is 5.48 Å². The van der Waals surface area contributed by atoms with Crippen molar-refractivity contribution in [2.24, 2.45) is 0 Å². The van der Waals surface area contributed by atoms with E-state index < -0.39 is 0 Å². The minimum Gasteiger partial charge on any atom is -0.390 e. The van der Waals surface area contributed by atoms with Crippen LogP contribution in [-0.4, -0.2) is 5.78 Å². The van der Waals surface area contributed by atoms with Crippen molar-refractivity contribution in [2.45, 2.75) is 0 Å². The van der Waals surface area contributed by atoms with Crippen molar-refractivity contribution < 1.29 is 9.63 Å². The maximum atomic E-state index is 10.4. The average molecular weight is 148 g/mol. The Labute approximate surface area is 58.7 Å². The van der Waals surface area contributed by atoms with Crippen LogP contribution in [0.3, 0.4) is 0 Å². The van der Waals surface area contributed by atoms with Crippen LogP contribution in [0.5, 0.6) is 0 Å². The highest BCUT2D eigenvalue weighted by atomic mass is 35.5. The summed E-state index contributed by atoms with van der Waals surface area (Å²) >= 11 is 0. The molecule has 1 heterocycles. The summed E-state index contributed by atoms with van der Waals surface area (Å²) in [5, 5.41) is 0. The van der Waals surface area contributed by atoms with Gasteiger partial charge in [0.15, 0.2) is 5.78 Å². The van der Waals surface area contributed by atoms with Crippen LogP contribution in [0.2, 0.25) is 0 Å². The highest BCUT2D eigenvalue weighted by molar-refractivity contribution is 5.98. The van der Waals surface area contributed by atoms with Gasteiger partial charge in [-0.05, 0) is 0 Å². The lowest BCUT2D eigenvalue weighted by atomic mass is 10.4. The Kier molecular flexibility index (Phi) is 3.55. The number of hydrogen-bond donors (Lipinski definition) is 1. The summed E-state index contributed by atoms with van der Waals surface area (Å²) in [5.74, 6) is -0.0741. The fraction of sp³-hybridized carbons (Fsp3) is 0. The molecule has 1 aliphatic rings. The number of hydrogen-bond acceptors (Lipinski definition) is 3. The van der Waals surface area contributed by atoms with Gasteiger partial charge in [0, 0.05) is 18.4 Å². The fourth-order valence-corrected chi connectivity index (χ4v) is 0.351. The van der Waals surface area contributed by atoms with E-state index in [0.29, 0.717) is 0 Å². The fourth-order valence-electron chi connectivity index (χ4n) is 0.351. The quantitative estimate of drug-likeness (QED) is 0.544. The summed E-state index contributed by atoms with van der Waals surface area (Å²) in [4.78, 5) is 14.9. The molecule has 0 aromatic carbocycles. The van der Waals surface area contributed by atoms with Crippen LogP contribution in [0.1, 0.15) is 0 Å². The molecule has 0 spiro atoms. The van der Waals surface area contributed by atoms with E-state index in [4.69, 9.17) is 0 Å². The molecule has 0 unspecified atom stereocenters. The maximum Gasteiger partial charge on any atom is 0.183 e. The molecule has 1 N–H and O–H groups in total. The van der Waals surface area contributed by atoms with Gasteiger partial charge in [0.1, 0.15) is 6.26 Å². The largest absolute Gasteiger partial charge is 0.390 e. The highest BCUT2D eigenvalue weighted by Crippen LogP contribution is 1.84. The van der Waals surface area contributed by atoms with Crippen molar-refractivity contribution in [1.82, 2.24) is 5.48 Å². The lowest BCUT2D eigenvalue weighted by Crippen LogP contribution is -1.97. The molecule has 0 fully saturated rings. The Morgan fingerprint density at radius 3 is 3.00 bits per heavy atom. The first-order chi connectivity index (χ1) is 3.89. The molecule has 0 bridgehead atoms. The first-order valence-electron chi connectivity index (χ1n) is 2.18. The Hall–Kier alpha value is -0.960. The third kappa shape index (κ3) is 2.77. The molecule has 1 rings (SSSR count). The van der Waals surface area contributed by atoms with Gasteiger partial charge in [0.05, 0.1) is 0 Å². The zero-order chi connectivity index (χ0) is 5.82. The standard InChI is InChI=1S/C5H5NO2.ClH/c7-5-1-3-6-8-4-2-5;/h1-4,6H;1H. The van der Waals surface area contributed by atoms with Crippen LogP contribution < -0.4 is 5.48 Å². The van der Waals surface area contributed by atoms with Gasteiger partial charge in [-0.15, -0.1) is 12.4 Å². The van der Waals surface area contributed by atoms with Crippen LogP contribution >= 0.6 is 12.4 Å². The molecule has 0 saturated heterocycles. The molecule has 0 radical (unpaired) electrons. The third-order valence-corrected chi connectivity index (χ3v) is 0.684. The predicted molar refractivity (Wildman–Crippen MR) is 34.8 cm³/mol. The number of carbonyl (C=O) groups excluding carboxylic acids is 1. The molecule has 4 heteroatoms. The second kappa shape index (κ2) is 3.97. The molecule has 0 saturated carbocycles. The smallest absolute Gasteiger partial charge is 0.183 e. The molecule has 50 valence electrons. The monoisotopic (exact) mass is 147 g/mol. The molecular formula is C5H6ClNO2. The van der Waals surface area contributed by atoms with Crippen LogP contribution in [0.15, 0.2) is 24.6 Å². The summed E-state index contributed by atoms with van der Waals surface area (Å²) < 4.78 is 0. The molecule has 0 amide bonds. The van der Waals surface area contributed by atoms with Crippen molar-refractivity contribution in [3.63, 3.8) is 0 Å². The number of rotatable bonds is 0. The minimum atomic E-state index is -0.0741. The molecule has 3 nitrogen and oxygen atoms in total. The van der Waals surface area contributed by atoms with E-state index in [1.807, 2.05) is 0 Å². The Balaban J connectivity index is 0.000000640. The number of halogens is 1. The lowest BCUT2D eigenvalue weighted by Gasteiger charge is -1.90. The number of carbonyl (C=O) groups is 1. The average Bonchev–Trinajstić information content (AvgIpc) is 1.94. The van der Waals surface area contributed by atoms with E-state index in [0.717, 1.165) is 0 Å². The van der Waals surface area contributed by atoms with Crippen LogP contribution in [0, 0.1) is 0 Å². The van der Waals surface area contributed by atoms with Crippen LogP contribution in [-0.2, 0) is 9.63 Å². The van der Waals surface area contributed by atoms with Crippen LogP contribution in [0.4, 0.5) is 0 Å². The summed E-state index contributed by atoms with van der Waals surface area (Å²) in [5.41, 5.74) is 2.39. The van der Waals surface area contributed by atoms with Crippen molar-refractivity contribution in [1.29, 1.82) is 0 Å². The van der Waals surface area contributed by atoms with Gasteiger partial charge in [-0.1, -0.05) is 0 Å². The SMILES string of the molecule is Cl.O=C1C=CNOC=C1. The zero-order valence-corrected chi connectivity index (χ0v) is 5.35. The second-order valence-electron chi connectivity index (χ2n) is 1.27. The highest BCUT2D eigenvalue weighted by Gasteiger charge is 1.89. The Bertz CT molecular complexity index is 137. The molecule has 0 atom stereocenters. The molecule has 9 heavy (non-hydrogen) atoms. The summed E-state index contributed by atoms with van der Waals surface area (Å²) in [6.07, 6.45) is 5.44. The van der Waals surface area contributed by atoms with Crippen molar-refractivity contribution in [2.75, 3.05) is 0 Å². The van der Waals surface area contributed by atoms with Gasteiger partial charge >= 0.3 is 0 Å². The maximum absolute atomic E-state index is 10.4. The minimum absolute atomic E-state index is 0. The van der Waals surface area contributed by atoms with Crippen molar-refractivity contribution in [3.8, 4) is 0 Å². The third-order valence-electron chi connectivity index (χ3n) is 0.684. The molecule has 1 aliphatic heterocycles. The molecule has 0 aromatic rings. The summed E-state index contributed by atoms with van der Waals surface area (Å²) in [6.45, 7) is 0. The zero-order valence-electron chi connectivity index (χ0n) is 4.53. The molecule has 0 aromatic heterocycles. The number of allylic oxidation sites excluding steroid dienone is 2. The van der Waals surface area contributed by atoms with E-state index >= 15 is 0 Å². The summed E-state index contributed by atoms with van der Waals surface area (Å²) in [6, 6.07) is 0. The van der Waals surface area contributed by atoms with Crippen molar-refractivity contribution in [3.05, 3.63) is 24.6 Å². The van der Waals surface area contributed by atoms with Gasteiger partial charge in [0.2, 0.25) is 0 Å². The van der Waals surface area contributed by atoms with E-state index in [9.17, 15) is 4.79 Å². The van der Waals surface area contributed by atoms with E-state index in [1.165, 1.54) is 24.6 Å². The number of ketones is 1. The van der Waals surface area contributed by atoms with E-state index in [2.05, 4.69) is 10.3 Å². The predicted octanol–water partition coefficient (Wildman–Crippen LogP) is 0.539. The van der Waals surface area contributed by atoms with Crippen LogP contribution in [0.25, 0.3) is 0 Å². The summed E-state index contributed by atoms with van der Waals surface area (Å²) in [7, 11) is 0. The van der Waals surface area contributed by atoms with Gasteiger partial charge in [-0.2, -0.15) is 0 Å². The first kappa shape index (κ1) is 8.04. The van der Waals surface area contributed by atoms with E-state index in [-0.39, 0.29) is 18.2 Å². The lowest BCUT2D eigenvalue weighted by molar-refractivity contribution is -0.110. The normalized spacial score (nSPS) is 14.9. The number of hydroxylamine groups is 1. The topological polar surface area (TPSA) is 38.3 Å². The first-order valence-corrected chi connectivity index (χ1v) is 2.18. The second-order valence-corrected chi connectivity index (χ2v) is 1.27. The molecule has 0 aliphatic carbocycles. The van der Waals surface area contributed by atoms with Crippen molar-refractivity contribution >= 4 is 18.2 Å².